The highest BCUT2D eigenvalue weighted by Crippen LogP contribution is 2.34. The monoisotopic (exact) mass is 298 g/mol. The predicted octanol–water partition coefficient (Wildman–Crippen LogP) is 2.58. The summed E-state index contributed by atoms with van der Waals surface area (Å²) in [7, 11) is 1.88. The number of anilines is 2. The van der Waals surface area contributed by atoms with Gasteiger partial charge in [0.2, 0.25) is 5.95 Å². The molecule has 0 bridgehead atoms. The van der Waals surface area contributed by atoms with Crippen LogP contribution in [0.3, 0.4) is 0 Å². The summed E-state index contributed by atoms with van der Waals surface area (Å²) in [5, 5.41) is 3.10. The summed E-state index contributed by atoms with van der Waals surface area (Å²) in [6, 6.07) is 4.25. The van der Waals surface area contributed by atoms with E-state index in [0.717, 1.165) is 54.1 Å². The molecule has 0 amide bonds. The first-order chi connectivity index (χ1) is 10.6. The van der Waals surface area contributed by atoms with Crippen LogP contribution in [0.4, 0.5) is 11.8 Å². The van der Waals surface area contributed by atoms with E-state index in [1.807, 2.05) is 40.0 Å². The molecule has 0 unspecified atom stereocenters. The molecule has 0 radical (unpaired) electrons. The summed E-state index contributed by atoms with van der Waals surface area (Å²) in [5.41, 5.74) is 3.04. The summed E-state index contributed by atoms with van der Waals surface area (Å²) in [5.74, 6) is 2.45. The van der Waals surface area contributed by atoms with Crippen molar-refractivity contribution in [1.82, 2.24) is 19.9 Å². The van der Waals surface area contributed by atoms with E-state index < -0.39 is 0 Å². The minimum atomic E-state index is 0.218. The largest absolute Gasteiger partial charge is 0.373 e. The van der Waals surface area contributed by atoms with Gasteiger partial charge in [0, 0.05) is 31.0 Å². The lowest BCUT2D eigenvalue weighted by molar-refractivity contribution is 0.671. The molecule has 1 aliphatic rings. The van der Waals surface area contributed by atoms with Crippen LogP contribution in [-0.4, -0.2) is 33.5 Å². The Kier molecular flexibility index (Phi) is 3.92. The van der Waals surface area contributed by atoms with Gasteiger partial charge in [-0.25, -0.2) is 19.9 Å². The molecule has 1 N–H and O–H groups in total. The normalized spacial score (nSPS) is 17.8. The van der Waals surface area contributed by atoms with Gasteiger partial charge < -0.3 is 10.2 Å². The molecule has 0 aromatic carbocycles. The summed E-state index contributed by atoms with van der Waals surface area (Å²) >= 11 is 0. The zero-order valence-electron chi connectivity index (χ0n) is 13.6. The number of hydrogen-bond donors (Lipinski definition) is 1. The van der Waals surface area contributed by atoms with Gasteiger partial charge in [0.25, 0.3) is 0 Å². The highest BCUT2D eigenvalue weighted by Gasteiger charge is 2.30. The van der Waals surface area contributed by atoms with Crippen molar-refractivity contribution in [3.63, 3.8) is 0 Å². The van der Waals surface area contributed by atoms with Gasteiger partial charge in [0.05, 0.1) is 11.7 Å². The van der Waals surface area contributed by atoms with Crippen molar-refractivity contribution < 1.29 is 0 Å². The van der Waals surface area contributed by atoms with Crippen molar-refractivity contribution >= 4 is 11.8 Å². The van der Waals surface area contributed by atoms with Crippen LogP contribution in [0, 0.1) is 20.8 Å². The van der Waals surface area contributed by atoms with Crippen LogP contribution >= 0.6 is 0 Å². The van der Waals surface area contributed by atoms with Crippen LogP contribution in [0.25, 0.3) is 0 Å². The molecule has 6 heteroatoms. The lowest BCUT2D eigenvalue weighted by Gasteiger charge is -2.25. The van der Waals surface area contributed by atoms with Crippen LogP contribution in [-0.2, 0) is 0 Å². The van der Waals surface area contributed by atoms with Crippen LogP contribution < -0.4 is 10.2 Å². The maximum Gasteiger partial charge on any atom is 0.226 e. The van der Waals surface area contributed by atoms with E-state index in [9.17, 15) is 0 Å². The van der Waals surface area contributed by atoms with E-state index in [4.69, 9.17) is 0 Å². The van der Waals surface area contributed by atoms with Crippen LogP contribution in [0.5, 0.6) is 0 Å². The molecule has 22 heavy (non-hydrogen) atoms. The Labute approximate surface area is 131 Å². The number of rotatable bonds is 3. The average molecular weight is 298 g/mol. The van der Waals surface area contributed by atoms with Crippen molar-refractivity contribution in [3.8, 4) is 0 Å². The van der Waals surface area contributed by atoms with Crippen LogP contribution in [0.1, 0.15) is 41.8 Å². The van der Waals surface area contributed by atoms with Gasteiger partial charge in [-0.15, -0.1) is 0 Å². The van der Waals surface area contributed by atoms with E-state index in [-0.39, 0.29) is 6.04 Å². The van der Waals surface area contributed by atoms with Crippen molar-refractivity contribution in [3.05, 3.63) is 35.0 Å². The van der Waals surface area contributed by atoms with E-state index in [2.05, 4.69) is 30.2 Å². The molecule has 2 aromatic rings. The second-order valence-electron chi connectivity index (χ2n) is 5.78. The number of nitrogens with zero attached hydrogens (tertiary/aromatic N) is 5. The van der Waals surface area contributed by atoms with E-state index >= 15 is 0 Å². The third-order valence-electron chi connectivity index (χ3n) is 3.94. The third kappa shape index (κ3) is 2.86. The van der Waals surface area contributed by atoms with Gasteiger partial charge in [0.1, 0.15) is 11.6 Å². The third-order valence-corrected chi connectivity index (χ3v) is 3.94. The SMILES string of the molecule is CNc1cc([C@@H]2CCCN2c2nc(C)cc(C)n2)nc(C)n1. The Hall–Kier alpha value is -2.24. The zero-order chi connectivity index (χ0) is 15.7. The van der Waals surface area contributed by atoms with Gasteiger partial charge >= 0.3 is 0 Å². The fraction of sp³-hybridized carbons (Fsp3) is 0.500. The minimum absolute atomic E-state index is 0.218. The summed E-state index contributed by atoms with van der Waals surface area (Å²) < 4.78 is 0. The number of hydrogen-bond acceptors (Lipinski definition) is 6. The Balaban J connectivity index is 1.98. The fourth-order valence-electron chi connectivity index (χ4n) is 3.04. The molecule has 116 valence electrons. The van der Waals surface area contributed by atoms with E-state index in [1.54, 1.807) is 0 Å². The van der Waals surface area contributed by atoms with E-state index in [0.29, 0.717) is 0 Å². The lowest BCUT2D eigenvalue weighted by atomic mass is 10.1. The van der Waals surface area contributed by atoms with Gasteiger partial charge in [-0.05, 0) is 39.7 Å². The minimum Gasteiger partial charge on any atom is -0.373 e. The molecular formula is C16H22N6. The highest BCUT2D eigenvalue weighted by molar-refractivity contribution is 5.42. The second kappa shape index (κ2) is 5.87. The maximum absolute atomic E-state index is 4.64. The first-order valence-corrected chi connectivity index (χ1v) is 7.69. The first-order valence-electron chi connectivity index (χ1n) is 7.69. The molecule has 0 spiro atoms. The predicted molar refractivity (Wildman–Crippen MR) is 87.1 cm³/mol. The second-order valence-corrected chi connectivity index (χ2v) is 5.78. The van der Waals surface area contributed by atoms with Crippen molar-refractivity contribution in [2.75, 3.05) is 23.8 Å². The Morgan fingerprint density at radius 3 is 2.45 bits per heavy atom. The molecule has 0 saturated carbocycles. The Morgan fingerprint density at radius 1 is 1.05 bits per heavy atom. The molecule has 1 fully saturated rings. The van der Waals surface area contributed by atoms with Crippen molar-refractivity contribution in [2.45, 2.75) is 39.7 Å². The van der Waals surface area contributed by atoms with Crippen molar-refractivity contribution in [1.29, 1.82) is 0 Å². The first kappa shape index (κ1) is 14.7. The zero-order valence-corrected chi connectivity index (χ0v) is 13.6. The maximum atomic E-state index is 4.64. The Morgan fingerprint density at radius 2 is 1.77 bits per heavy atom. The molecule has 2 aromatic heterocycles. The van der Waals surface area contributed by atoms with Gasteiger partial charge in [0.15, 0.2) is 0 Å². The standard InChI is InChI=1S/C16H22N6/c1-10-8-11(2)19-16(18-10)22-7-5-6-14(22)13-9-15(17-4)21-12(3)20-13/h8-9,14H,5-7H2,1-4H3,(H,17,20,21)/t14-/m0/s1. The van der Waals surface area contributed by atoms with Gasteiger partial charge in [-0.2, -0.15) is 0 Å². The topological polar surface area (TPSA) is 66.8 Å². The summed E-state index contributed by atoms with van der Waals surface area (Å²) in [6.45, 7) is 6.91. The lowest BCUT2D eigenvalue weighted by Crippen LogP contribution is -2.26. The smallest absolute Gasteiger partial charge is 0.226 e. The molecule has 3 heterocycles. The molecule has 1 aliphatic heterocycles. The summed E-state index contributed by atoms with van der Waals surface area (Å²) in [4.78, 5) is 20.5. The number of aryl methyl sites for hydroxylation is 3. The van der Waals surface area contributed by atoms with Gasteiger partial charge in [-0.3, -0.25) is 0 Å². The average Bonchev–Trinajstić information content (AvgIpc) is 2.95. The molecule has 3 rings (SSSR count). The molecule has 1 atom stereocenters. The molecule has 1 saturated heterocycles. The Bertz CT molecular complexity index is 664. The molecule has 6 nitrogen and oxygen atoms in total. The molecular weight excluding hydrogens is 276 g/mol. The van der Waals surface area contributed by atoms with Crippen molar-refractivity contribution in [2.24, 2.45) is 0 Å². The number of nitrogens with one attached hydrogen (secondary N) is 1. The van der Waals surface area contributed by atoms with Crippen LogP contribution in [0.15, 0.2) is 12.1 Å². The summed E-state index contributed by atoms with van der Waals surface area (Å²) in [6.07, 6.45) is 2.19. The van der Waals surface area contributed by atoms with E-state index in [1.165, 1.54) is 0 Å². The van der Waals surface area contributed by atoms with Gasteiger partial charge in [-0.1, -0.05) is 0 Å². The molecule has 0 aliphatic carbocycles. The number of aromatic nitrogens is 4. The highest BCUT2D eigenvalue weighted by atomic mass is 15.3. The van der Waals surface area contributed by atoms with Crippen LogP contribution in [0.2, 0.25) is 0 Å². The quantitative estimate of drug-likeness (QED) is 0.939. The fourth-order valence-corrected chi connectivity index (χ4v) is 3.04.